The smallest absolute Gasteiger partial charge is 0.314 e. The summed E-state index contributed by atoms with van der Waals surface area (Å²) in [4.78, 5) is 11.6. The van der Waals surface area contributed by atoms with E-state index in [4.69, 9.17) is 23.2 Å². The predicted molar refractivity (Wildman–Crippen MR) is 78.5 cm³/mol. The van der Waals surface area contributed by atoms with E-state index < -0.39 is 17.2 Å². The maximum atomic E-state index is 14.7. The van der Waals surface area contributed by atoms with Crippen molar-refractivity contribution in [2.75, 3.05) is 0 Å². The predicted octanol–water partition coefficient (Wildman–Crippen LogP) is 4.62. The molecular formula is C16H9Cl2FO2. The van der Waals surface area contributed by atoms with Crippen LogP contribution < -0.4 is 0 Å². The van der Waals surface area contributed by atoms with Crippen LogP contribution in [0.2, 0.25) is 10.0 Å². The van der Waals surface area contributed by atoms with Crippen molar-refractivity contribution in [3.8, 4) is 11.1 Å². The number of hydrogen-bond donors (Lipinski definition) is 1. The van der Waals surface area contributed by atoms with E-state index in [1.54, 1.807) is 0 Å². The zero-order valence-electron chi connectivity index (χ0n) is 10.7. The van der Waals surface area contributed by atoms with Crippen LogP contribution in [-0.4, -0.2) is 11.1 Å². The van der Waals surface area contributed by atoms with Gasteiger partial charge in [0.1, 0.15) is 11.2 Å². The molecule has 2 aromatic carbocycles. The first-order valence-electron chi connectivity index (χ1n) is 6.49. The number of halogens is 3. The van der Waals surface area contributed by atoms with Gasteiger partial charge in [0.25, 0.3) is 0 Å². The number of hydrogen-bond acceptors (Lipinski definition) is 1. The minimum atomic E-state index is -1.22. The monoisotopic (exact) mass is 322 g/mol. The topological polar surface area (TPSA) is 37.3 Å². The van der Waals surface area contributed by atoms with Gasteiger partial charge in [-0.05, 0) is 12.0 Å². The molecule has 4 rings (SSSR count). The molecular weight excluding hydrogens is 314 g/mol. The SMILES string of the molecule is O=C(O)C12CC1c1c(F)c2c(Cl)c(Cl)c1-c1ccccc1. The second kappa shape index (κ2) is 3.99. The lowest BCUT2D eigenvalue weighted by molar-refractivity contribution is -0.140. The molecule has 106 valence electrons. The Morgan fingerprint density at radius 1 is 1.24 bits per heavy atom. The Labute approximate surface area is 130 Å². The van der Waals surface area contributed by atoms with E-state index >= 15 is 0 Å². The third-order valence-corrected chi connectivity index (χ3v) is 5.41. The largest absolute Gasteiger partial charge is 0.481 e. The molecule has 0 spiro atoms. The van der Waals surface area contributed by atoms with Gasteiger partial charge in [-0.2, -0.15) is 0 Å². The van der Waals surface area contributed by atoms with Crippen molar-refractivity contribution in [1.29, 1.82) is 0 Å². The first-order valence-corrected chi connectivity index (χ1v) is 7.25. The molecule has 2 aliphatic rings. The van der Waals surface area contributed by atoms with Crippen molar-refractivity contribution < 1.29 is 14.3 Å². The van der Waals surface area contributed by atoms with Gasteiger partial charge in [-0.3, -0.25) is 4.79 Å². The highest BCUT2D eigenvalue weighted by Gasteiger charge is 2.70. The van der Waals surface area contributed by atoms with Gasteiger partial charge < -0.3 is 5.11 Å². The number of carboxylic acids is 1. The summed E-state index contributed by atoms with van der Waals surface area (Å²) in [5.74, 6) is -1.92. The summed E-state index contributed by atoms with van der Waals surface area (Å²) in [6.07, 6.45) is 0.386. The maximum Gasteiger partial charge on any atom is 0.314 e. The third-order valence-electron chi connectivity index (χ3n) is 4.56. The second-order valence-electron chi connectivity index (χ2n) is 5.50. The number of carbonyl (C=O) groups is 1. The lowest BCUT2D eigenvalue weighted by Gasteiger charge is -2.14. The highest BCUT2D eigenvalue weighted by Crippen LogP contribution is 2.71. The highest BCUT2D eigenvalue weighted by molar-refractivity contribution is 6.45. The summed E-state index contributed by atoms with van der Waals surface area (Å²) in [5, 5.41) is 9.76. The van der Waals surface area contributed by atoms with Crippen molar-refractivity contribution in [1.82, 2.24) is 0 Å². The van der Waals surface area contributed by atoms with Crippen LogP contribution in [0.15, 0.2) is 30.3 Å². The first kappa shape index (κ1) is 13.1. The molecule has 5 heteroatoms. The van der Waals surface area contributed by atoms with Crippen LogP contribution in [0.5, 0.6) is 0 Å². The van der Waals surface area contributed by atoms with Gasteiger partial charge in [0.05, 0.1) is 10.0 Å². The summed E-state index contributed by atoms with van der Waals surface area (Å²) in [6, 6.07) is 9.13. The molecule has 2 nitrogen and oxygen atoms in total. The fraction of sp³-hybridized carbons (Fsp3) is 0.188. The Morgan fingerprint density at radius 3 is 2.52 bits per heavy atom. The maximum absolute atomic E-state index is 14.7. The molecule has 21 heavy (non-hydrogen) atoms. The summed E-state index contributed by atoms with van der Waals surface area (Å²) < 4.78 is 14.7. The van der Waals surface area contributed by atoms with E-state index in [1.165, 1.54) is 0 Å². The Balaban J connectivity index is 2.06. The molecule has 0 heterocycles. The lowest BCUT2D eigenvalue weighted by atomic mass is 9.96. The van der Waals surface area contributed by atoms with Gasteiger partial charge in [-0.15, -0.1) is 0 Å². The van der Waals surface area contributed by atoms with Crippen LogP contribution in [0.3, 0.4) is 0 Å². The van der Waals surface area contributed by atoms with Crippen molar-refractivity contribution in [2.24, 2.45) is 0 Å². The van der Waals surface area contributed by atoms with E-state index in [9.17, 15) is 14.3 Å². The van der Waals surface area contributed by atoms with Gasteiger partial charge in [0, 0.05) is 22.6 Å². The van der Waals surface area contributed by atoms with Gasteiger partial charge >= 0.3 is 5.97 Å². The van der Waals surface area contributed by atoms with Crippen LogP contribution in [0.4, 0.5) is 4.39 Å². The first-order chi connectivity index (χ1) is 10.00. The van der Waals surface area contributed by atoms with E-state index in [0.717, 1.165) is 5.56 Å². The Kier molecular flexibility index (Phi) is 2.49. The standard InChI is InChI=1S/C16H9Cl2FO2/c17-12-9(7-4-2-1-3-5-7)10-8-6-16(8,15(20)21)11(13(12)18)14(10)19/h1-5,8H,6H2,(H,20,21). The third kappa shape index (κ3) is 1.41. The molecule has 0 radical (unpaired) electrons. The number of carboxylic acid groups (broad SMARTS) is 1. The average molecular weight is 323 g/mol. The Hall–Kier alpha value is -1.58. The molecule has 0 amide bonds. The van der Waals surface area contributed by atoms with Gasteiger partial charge in [-0.1, -0.05) is 53.5 Å². The average Bonchev–Trinajstić information content (AvgIpc) is 3.15. The van der Waals surface area contributed by atoms with E-state index in [1.807, 2.05) is 30.3 Å². The molecule has 2 atom stereocenters. The quantitative estimate of drug-likeness (QED) is 0.819. The number of benzene rings is 2. The van der Waals surface area contributed by atoms with Gasteiger partial charge in [0.15, 0.2) is 0 Å². The summed E-state index contributed by atoms with van der Waals surface area (Å²) in [6.45, 7) is 0. The normalized spacial score (nSPS) is 24.8. The molecule has 1 N–H and O–H groups in total. The zero-order valence-corrected chi connectivity index (χ0v) is 12.2. The van der Waals surface area contributed by atoms with Crippen molar-refractivity contribution in [3.63, 3.8) is 0 Å². The van der Waals surface area contributed by atoms with Crippen LogP contribution in [0.25, 0.3) is 11.1 Å². The molecule has 2 aliphatic carbocycles. The van der Waals surface area contributed by atoms with Crippen molar-refractivity contribution in [2.45, 2.75) is 17.8 Å². The van der Waals surface area contributed by atoms with E-state index in [2.05, 4.69) is 0 Å². The van der Waals surface area contributed by atoms with Crippen LogP contribution in [0, 0.1) is 5.82 Å². The fourth-order valence-corrected chi connectivity index (χ4v) is 4.17. The minimum absolute atomic E-state index is 0.0270. The molecule has 2 aromatic rings. The molecule has 2 bridgehead atoms. The van der Waals surface area contributed by atoms with Crippen LogP contribution in [0.1, 0.15) is 23.5 Å². The molecule has 2 unspecified atom stereocenters. The zero-order chi connectivity index (χ0) is 14.9. The summed E-state index contributed by atoms with van der Waals surface area (Å²) >= 11 is 12.5. The Bertz CT molecular complexity index is 804. The number of rotatable bonds is 2. The summed E-state index contributed by atoms with van der Waals surface area (Å²) in [7, 11) is 0. The molecule has 0 aliphatic heterocycles. The number of aliphatic carboxylic acids is 1. The number of fused-ring (bicyclic) bond motifs is 5. The minimum Gasteiger partial charge on any atom is -0.481 e. The molecule has 1 saturated carbocycles. The van der Waals surface area contributed by atoms with E-state index in [0.29, 0.717) is 17.5 Å². The highest BCUT2D eigenvalue weighted by atomic mass is 35.5. The van der Waals surface area contributed by atoms with Crippen molar-refractivity contribution >= 4 is 29.2 Å². The Morgan fingerprint density at radius 2 is 1.90 bits per heavy atom. The van der Waals surface area contributed by atoms with Gasteiger partial charge in [-0.25, -0.2) is 4.39 Å². The van der Waals surface area contributed by atoms with E-state index in [-0.39, 0.29) is 21.5 Å². The van der Waals surface area contributed by atoms with Crippen LogP contribution >= 0.6 is 23.2 Å². The molecule has 1 fully saturated rings. The summed E-state index contributed by atoms with van der Waals surface area (Å²) in [5.41, 5.74) is 0.508. The van der Waals surface area contributed by atoms with Crippen molar-refractivity contribution in [3.05, 3.63) is 57.3 Å². The lowest BCUT2D eigenvalue weighted by Crippen LogP contribution is -2.20. The molecule has 0 aromatic heterocycles. The van der Waals surface area contributed by atoms with Gasteiger partial charge in [0.2, 0.25) is 0 Å². The molecule has 0 saturated heterocycles. The fourth-order valence-electron chi connectivity index (χ4n) is 3.52. The second-order valence-corrected chi connectivity index (χ2v) is 6.26. The van der Waals surface area contributed by atoms with Crippen LogP contribution in [-0.2, 0) is 10.2 Å².